The number of ketones is 1. The van der Waals surface area contributed by atoms with Crippen LogP contribution in [0.3, 0.4) is 0 Å². The zero-order chi connectivity index (χ0) is 21.0. The predicted octanol–water partition coefficient (Wildman–Crippen LogP) is 4.92. The van der Waals surface area contributed by atoms with E-state index < -0.39 is 6.04 Å². The van der Waals surface area contributed by atoms with Crippen molar-refractivity contribution >= 4 is 45.0 Å². The molecule has 154 valence electrons. The first-order chi connectivity index (χ1) is 14.4. The molecule has 4 atom stereocenters. The first-order valence-corrected chi connectivity index (χ1v) is 11.3. The maximum atomic E-state index is 13.6. The van der Waals surface area contributed by atoms with Crippen LogP contribution in [-0.4, -0.2) is 27.6 Å². The van der Waals surface area contributed by atoms with Gasteiger partial charge in [-0.1, -0.05) is 45.7 Å². The van der Waals surface area contributed by atoms with Crippen LogP contribution in [0.5, 0.6) is 0 Å². The number of amides is 1. The van der Waals surface area contributed by atoms with Gasteiger partial charge in [-0.25, -0.2) is 4.98 Å². The monoisotopic (exact) mass is 486 g/mol. The molecule has 1 aliphatic carbocycles. The van der Waals surface area contributed by atoms with E-state index in [1.165, 1.54) is 0 Å². The molecule has 0 spiro atoms. The number of alkyl halides is 1. The van der Waals surface area contributed by atoms with Crippen LogP contribution in [0.4, 0.5) is 5.82 Å². The topological polar surface area (TPSA) is 59.5 Å². The van der Waals surface area contributed by atoms with Crippen LogP contribution in [0.15, 0.2) is 53.8 Å². The predicted molar refractivity (Wildman–Crippen MR) is 118 cm³/mol. The van der Waals surface area contributed by atoms with Crippen molar-refractivity contribution < 1.29 is 14.3 Å². The minimum atomic E-state index is -0.580. The number of aromatic nitrogens is 1. The van der Waals surface area contributed by atoms with E-state index in [2.05, 4.69) is 20.9 Å². The number of nitrogens with zero attached hydrogens (tertiary/aromatic N) is 2. The van der Waals surface area contributed by atoms with Gasteiger partial charge in [0.1, 0.15) is 11.9 Å². The summed E-state index contributed by atoms with van der Waals surface area (Å²) >= 11 is 9.75. The standard InChI is InChI=1S/C23H20BrClN2O3/c1-12-3-2-4-18(26-12)27-20(13-5-8-15(25)9-6-13)19-21(28)16-11-14(24)7-10-17(16)30-22(19)23(27)29/h2-6,8-9,14,16-17,20H,7,10-11H2,1H3. The number of pyridine rings is 1. The molecule has 5 nitrogen and oxygen atoms in total. The van der Waals surface area contributed by atoms with Gasteiger partial charge in [0, 0.05) is 15.5 Å². The second-order valence-electron chi connectivity index (χ2n) is 8.05. The van der Waals surface area contributed by atoms with Crippen molar-refractivity contribution in [1.82, 2.24) is 4.98 Å². The van der Waals surface area contributed by atoms with Gasteiger partial charge in [0.2, 0.25) is 0 Å². The molecular formula is C23H20BrClN2O3. The Kier molecular flexibility index (Phi) is 4.94. The summed E-state index contributed by atoms with van der Waals surface area (Å²) in [5.74, 6) is 0.143. The smallest absolute Gasteiger partial charge is 0.295 e. The minimum absolute atomic E-state index is 0.00820. The highest BCUT2D eigenvalue weighted by atomic mass is 79.9. The Bertz CT molecular complexity index is 1070. The summed E-state index contributed by atoms with van der Waals surface area (Å²) in [4.78, 5) is 33.6. The summed E-state index contributed by atoms with van der Waals surface area (Å²) in [5, 5.41) is 0.596. The SMILES string of the molecule is Cc1cccc(N2C(=O)C3=C(C(=O)C4CC(Br)CCC4O3)C2c2ccc(Cl)cc2)n1. The number of ether oxygens (including phenoxy) is 1. The number of anilines is 1. The van der Waals surface area contributed by atoms with E-state index in [-0.39, 0.29) is 34.3 Å². The zero-order valence-corrected chi connectivity index (χ0v) is 18.7. The number of halogens is 2. The van der Waals surface area contributed by atoms with Gasteiger partial charge >= 0.3 is 0 Å². The number of carbonyl (C=O) groups is 2. The third-order valence-electron chi connectivity index (χ3n) is 6.09. The molecule has 1 amide bonds. The molecule has 7 heteroatoms. The van der Waals surface area contributed by atoms with Crippen molar-refractivity contribution in [3.8, 4) is 0 Å². The Labute approximate surface area is 188 Å². The van der Waals surface area contributed by atoms with Gasteiger partial charge in [-0.15, -0.1) is 0 Å². The highest BCUT2D eigenvalue weighted by Gasteiger charge is 2.53. The molecule has 0 saturated heterocycles. The van der Waals surface area contributed by atoms with E-state index in [4.69, 9.17) is 16.3 Å². The molecule has 0 N–H and O–H groups in total. The zero-order valence-electron chi connectivity index (χ0n) is 16.3. The van der Waals surface area contributed by atoms with Gasteiger partial charge in [0.25, 0.3) is 5.91 Å². The molecule has 1 aromatic heterocycles. The van der Waals surface area contributed by atoms with Crippen molar-refractivity contribution in [2.45, 2.75) is 43.2 Å². The van der Waals surface area contributed by atoms with Crippen LogP contribution < -0.4 is 4.90 Å². The van der Waals surface area contributed by atoms with E-state index in [1.807, 2.05) is 31.2 Å². The van der Waals surface area contributed by atoms with Crippen molar-refractivity contribution in [3.63, 3.8) is 0 Å². The fourth-order valence-electron chi connectivity index (χ4n) is 4.68. The van der Waals surface area contributed by atoms with Gasteiger partial charge in [0.05, 0.1) is 17.5 Å². The van der Waals surface area contributed by atoms with Crippen LogP contribution in [-0.2, 0) is 14.3 Å². The van der Waals surface area contributed by atoms with E-state index in [0.717, 1.165) is 24.1 Å². The lowest BCUT2D eigenvalue weighted by molar-refractivity contribution is -0.131. The maximum absolute atomic E-state index is 13.6. The van der Waals surface area contributed by atoms with Gasteiger partial charge in [-0.3, -0.25) is 14.5 Å². The second kappa shape index (κ2) is 7.50. The second-order valence-corrected chi connectivity index (χ2v) is 9.78. The van der Waals surface area contributed by atoms with Crippen LogP contribution in [0, 0.1) is 12.8 Å². The third kappa shape index (κ3) is 3.17. The molecule has 2 aromatic rings. The molecule has 4 unspecified atom stereocenters. The number of carbonyl (C=O) groups excluding carboxylic acids is 2. The number of hydrogen-bond acceptors (Lipinski definition) is 4. The number of aryl methyl sites for hydroxylation is 1. The van der Waals surface area contributed by atoms with Gasteiger partial charge in [-0.2, -0.15) is 0 Å². The lowest BCUT2D eigenvalue weighted by Gasteiger charge is -2.37. The molecule has 1 fully saturated rings. The average Bonchev–Trinajstić information content (AvgIpc) is 3.02. The minimum Gasteiger partial charge on any atom is -0.483 e. The maximum Gasteiger partial charge on any atom is 0.295 e. The van der Waals surface area contributed by atoms with Crippen molar-refractivity contribution in [1.29, 1.82) is 0 Å². The number of hydrogen-bond donors (Lipinski definition) is 0. The first kappa shape index (κ1) is 19.8. The molecule has 1 saturated carbocycles. The Morgan fingerprint density at radius 2 is 1.90 bits per heavy atom. The summed E-state index contributed by atoms with van der Waals surface area (Å²) in [6, 6.07) is 12.2. The number of benzene rings is 1. The van der Waals surface area contributed by atoms with Crippen molar-refractivity contribution in [2.24, 2.45) is 5.92 Å². The summed E-state index contributed by atoms with van der Waals surface area (Å²) < 4.78 is 6.20. The van der Waals surface area contributed by atoms with Gasteiger partial charge < -0.3 is 4.74 Å². The molecule has 30 heavy (non-hydrogen) atoms. The van der Waals surface area contributed by atoms with E-state index in [9.17, 15) is 9.59 Å². The van der Waals surface area contributed by atoms with Crippen LogP contribution >= 0.6 is 27.5 Å². The molecule has 2 aliphatic heterocycles. The average molecular weight is 488 g/mol. The summed E-state index contributed by atoms with van der Waals surface area (Å²) in [6.45, 7) is 1.88. The first-order valence-electron chi connectivity index (χ1n) is 10.1. The lowest BCUT2D eigenvalue weighted by Crippen LogP contribution is -2.41. The Morgan fingerprint density at radius 1 is 1.13 bits per heavy atom. The molecule has 0 bridgehead atoms. The van der Waals surface area contributed by atoms with Gasteiger partial charge in [0.15, 0.2) is 11.5 Å². The van der Waals surface area contributed by atoms with E-state index in [0.29, 0.717) is 22.8 Å². The summed E-state index contributed by atoms with van der Waals surface area (Å²) in [7, 11) is 0. The largest absolute Gasteiger partial charge is 0.483 e. The van der Waals surface area contributed by atoms with Crippen LogP contribution in [0.2, 0.25) is 5.02 Å². The molecule has 1 aromatic carbocycles. The molecule has 5 rings (SSSR count). The highest BCUT2D eigenvalue weighted by Crippen LogP contribution is 2.48. The fraction of sp³-hybridized carbons (Fsp3) is 0.348. The van der Waals surface area contributed by atoms with Crippen molar-refractivity contribution in [2.75, 3.05) is 4.90 Å². The molecule has 3 heterocycles. The fourth-order valence-corrected chi connectivity index (χ4v) is 5.47. The number of rotatable bonds is 2. The molecule has 0 radical (unpaired) electrons. The lowest BCUT2D eigenvalue weighted by atomic mass is 9.77. The molecular weight excluding hydrogens is 468 g/mol. The quantitative estimate of drug-likeness (QED) is 0.564. The Morgan fingerprint density at radius 3 is 2.63 bits per heavy atom. The van der Waals surface area contributed by atoms with Crippen LogP contribution in [0.25, 0.3) is 0 Å². The summed E-state index contributed by atoms with van der Waals surface area (Å²) in [6.07, 6.45) is 2.15. The van der Waals surface area contributed by atoms with Crippen LogP contribution in [0.1, 0.15) is 36.6 Å². The highest BCUT2D eigenvalue weighted by molar-refractivity contribution is 9.09. The summed E-state index contributed by atoms with van der Waals surface area (Å²) in [5.41, 5.74) is 2.04. The van der Waals surface area contributed by atoms with E-state index in [1.54, 1.807) is 23.1 Å². The third-order valence-corrected chi connectivity index (χ3v) is 7.17. The van der Waals surface area contributed by atoms with Gasteiger partial charge in [-0.05, 0) is 56.0 Å². The van der Waals surface area contributed by atoms with Crippen molar-refractivity contribution in [3.05, 3.63) is 70.1 Å². The molecule has 3 aliphatic rings. The number of Topliss-reactive ketones (excluding diaryl/α,β-unsaturated/α-hetero) is 1. The van der Waals surface area contributed by atoms with E-state index >= 15 is 0 Å². The normalized spacial score (nSPS) is 28.3. The Balaban J connectivity index is 1.65. The number of fused-ring (bicyclic) bond motifs is 1. The Hall–Kier alpha value is -2.18.